The van der Waals surface area contributed by atoms with Crippen molar-refractivity contribution in [3.63, 3.8) is 0 Å². The van der Waals surface area contributed by atoms with Crippen LogP contribution in [0.15, 0.2) is 39.7 Å². The van der Waals surface area contributed by atoms with E-state index in [0.717, 1.165) is 28.6 Å². The minimum atomic E-state index is 0.241. The number of benzene rings is 1. The zero-order valence-corrected chi connectivity index (χ0v) is 14.2. The van der Waals surface area contributed by atoms with Crippen LogP contribution in [0.4, 0.5) is 0 Å². The maximum absolute atomic E-state index is 9.18. The van der Waals surface area contributed by atoms with Crippen LogP contribution in [0, 0.1) is 11.3 Å². The SMILES string of the molecule is N#Cc1c(Cl)nsc1Sc1nc(C2CC2)n(-c2ccccc2)n1. The molecule has 1 aliphatic rings. The summed E-state index contributed by atoms with van der Waals surface area (Å²) >= 11 is 8.46. The van der Waals surface area contributed by atoms with E-state index in [2.05, 4.69) is 20.5 Å². The van der Waals surface area contributed by atoms with E-state index in [1.807, 2.05) is 35.0 Å². The molecule has 0 radical (unpaired) electrons. The Hall–Kier alpha value is -1.88. The number of hydrogen-bond donors (Lipinski definition) is 0. The molecule has 1 saturated carbocycles. The van der Waals surface area contributed by atoms with E-state index in [-0.39, 0.29) is 5.15 Å². The van der Waals surface area contributed by atoms with Crippen LogP contribution in [-0.4, -0.2) is 19.1 Å². The quantitative estimate of drug-likeness (QED) is 0.695. The van der Waals surface area contributed by atoms with E-state index < -0.39 is 0 Å². The summed E-state index contributed by atoms with van der Waals surface area (Å²) < 4.78 is 6.64. The first kappa shape index (κ1) is 14.7. The molecule has 8 heteroatoms. The second kappa shape index (κ2) is 5.96. The van der Waals surface area contributed by atoms with Crippen LogP contribution in [-0.2, 0) is 0 Å². The Morgan fingerprint density at radius 2 is 2.09 bits per heavy atom. The summed E-state index contributed by atoms with van der Waals surface area (Å²) in [6, 6.07) is 12.1. The van der Waals surface area contributed by atoms with Crippen molar-refractivity contribution in [2.75, 3.05) is 0 Å². The first-order valence-corrected chi connectivity index (χ1v) is 8.98. The van der Waals surface area contributed by atoms with Gasteiger partial charge in [0.2, 0.25) is 5.16 Å². The lowest BCUT2D eigenvalue weighted by atomic mass is 10.3. The molecule has 0 N–H and O–H groups in total. The number of hydrogen-bond acceptors (Lipinski definition) is 6. The second-order valence-corrected chi connectivity index (χ2v) is 7.49. The predicted octanol–water partition coefficient (Wildman–Crippen LogP) is 4.28. The third kappa shape index (κ3) is 2.85. The highest BCUT2D eigenvalue weighted by Gasteiger charge is 2.31. The smallest absolute Gasteiger partial charge is 0.214 e. The van der Waals surface area contributed by atoms with Gasteiger partial charge in [-0.3, -0.25) is 0 Å². The highest BCUT2D eigenvalue weighted by atomic mass is 35.5. The molecule has 114 valence electrons. The standard InChI is InChI=1S/C15H10ClN5S2/c16-12-11(8-17)14(23-20-12)22-15-18-13(9-6-7-9)21(19-15)10-4-2-1-3-5-10/h1-5,9H,6-7H2. The molecule has 2 heterocycles. The highest BCUT2D eigenvalue weighted by Crippen LogP contribution is 2.42. The lowest BCUT2D eigenvalue weighted by Crippen LogP contribution is -2.01. The van der Waals surface area contributed by atoms with Crippen molar-refractivity contribution in [3.05, 3.63) is 46.9 Å². The molecule has 0 unspecified atom stereocenters. The van der Waals surface area contributed by atoms with E-state index in [9.17, 15) is 5.26 Å². The summed E-state index contributed by atoms with van der Waals surface area (Å²) in [4.78, 5) is 4.67. The molecular weight excluding hydrogens is 350 g/mol. The van der Waals surface area contributed by atoms with Crippen molar-refractivity contribution in [3.8, 4) is 11.8 Å². The Kier molecular flexibility index (Phi) is 3.81. The molecule has 0 atom stereocenters. The van der Waals surface area contributed by atoms with Crippen LogP contribution in [0.1, 0.15) is 30.1 Å². The number of aromatic nitrogens is 4. The normalized spacial score (nSPS) is 13.9. The molecule has 0 saturated heterocycles. The third-order valence-electron chi connectivity index (χ3n) is 3.47. The van der Waals surface area contributed by atoms with E-state index in [1.54, 1.807) is 0 Å². The molecular formula is C15H10ClN5S2. The molecule has 0 spiro atoms. The summed E-state index contributed by atoms with van der Waals surface area (Å²) in [6.07, 6.45) is 2.29. The molecule has 1 aliphatic carbocycles. The molecule has 3 aromatic rings. The number of para-hydroxylation sites is 1. The number of rotatable bonds is 4. The van der Waals surface area contributed by atoms with E-state index in [1.165, 1.54) is 23.3 Å². The summed E-state index contributed by atoms with van der Waals surface area (Å²) in [5.41, 5.74) is 1.39. The predicted molar refractivity (Wildman–Crippen MR) is 89.3 cm³/mol. The van der Waals surface area contributed by atoms with Crippen molar-refractivity contribution >= 4 is 34.9 Å². The maximum Gasteiger partial charge on any atom is 0.214 e. The lowest BCUT2D eigenvalue weighted by Gasteiger charge is -2.03. The molecule has 0 amide bonds. The molecule has 0 aliphatic heterocycles. The van der Waals surface area contributed by atoms with Gasteiger partial charge in [0, 0.05) is 5.92 Å². The number of nitriles is 1. The van der Waals surface area contributed by atoms with Crippen molar-refractivity contribution in [1.82, 2.24) is 19.1 Å². The summed E-state index contributed by atoms with van der Waals surface area (Å²) in [5.74, 6) is 1.45. The molecule has 0 bridgehead atoms. The fraction of sp³-hybridized carbons (Fsp3) is 0.200. The third-order valence-corrected chi connectivity index (χ3v) is 5.71. The van der Waals surface area contributed by atoms with Gasteiger partial charge in [0.05, 0.1) is 5.69 Å². The van der Waals surface area contributed by atoms with Gasteiger partial charge in [-0.25, -0.2) is 9.67 Å². The van der Waals surface area contributed by atoms with Gasteiger partial charge in [-0.1, -0.05) is 29.8 Å². The zero-order valence-electron chi connectivity index (χ0n) is 11.8. The topological polar surface area (TPSA) is 67.4 Å². The molecule has 23 heavy (non-hydrogen) atoms. The minimum Gasteiger partial charge on any atom is -0.216 e. The number of halogens is 1. The Balaban J connectivity index is 1.72. The highest BCUT2D eigenvalue weighted by molar-refractivity contribution is 8.01. The number of nitrogens with zero attached hydrogens (tertiary/aromatic N) is 5. The average Bonchev–Trinajstić information content (AvgIpc) is 3.25. The van der Waals surface area contributed by atoms with E-state index in [4.69, 9.17) is 11.6 Å². The first-order chi connectivity index (χ1) is 11.3. The van der Waals surface area contributed by atoms with E-state index in [0.29, 0.717) is 16.6 Å². The largest absolute Gasteiger partial charge is 0.216 e. The van der Waals surface area contributed by atoms with Gasteiger partial charge in [-0.15, -0.1) is 5.10 Å². The van der Waals surface area contributed by atoms with Gasteiger partial charge < -0.3 is 0 Å². The van der Waals surface area contributed by atoms with Crippen molar-refractivity contribution in [2.24, 2.45) is 0 Å². The average molecular weight is 360 g/mol. The van der Waals surface area contributed by atoms with Crippen molar-refractivity contribution < 1.29 is 0 Å². The van der Waals surface area contributed by atoms with Crippen LogP contribution < -0.4 is 0 Å². The van der Waals surface area contributed by atoms with Gasteiger partial charge in [-0.05, 0) is 48.3 Å². The Morgan fingerprint density at radius 1 is 1.30 bits per heavy atom. The van der Waals surface area contributed by atoms with Gasteiger partial charge in [0.1, 0.15) is 21.7 Å². The van der Waals surface area contributed by atoms with Crippen LogP contribution in [0.5, 0.6) is 0 Å². The van der Waals surface area contributed by atoms with Crippen LogP contribution >= 0.6 is 34.9 Å². The Labute approximate surface area is 146 Å². The molecule has 1 fully saturated rings. The first-order valence-electron chi connectivity index (χ1n) is 7.02. The summed E-state index contributed by atoms with van der Waals surface area (Å²) in [6.45, 7) is 0. The van der Waals surface area contributed by atoms with Crippen LogP contribution in [0.2, 0.25) is 5.15 Å². The van der Waals surface area contributed by atoms with Crippen LogP contribution in [0.25, 0.3) is 5.69 Å². The molecule has 4 rings (SSSR count). The summed E-state index contributed by atoms with van der Waals surface area (Å²) in [5, 5.41) is 14.7. The summed E-state index contributed by atoms with van der Waals surface area (Å²) in [7, 11) is 0. The Bertz CT molecular complexity index is 892. The van der Waals surface area contributed by atoms with Crippen molar-refractivity contribution in [1.29, 1.82) is 5.26 Å². The second-order valence-electron chi connectivity index (χ2n) is 5.12. The fourth-order valence-corrected chi connectivity index (χ4v) is 4.21. The molecule has 2 aromatic heterocycles. The Morgan fingerprint density at radius 3 is 2.78 bits per heavy atom. The van der Waals surface area contributed by atoms with Gasteiger partial charge in [0.25, 0.3) is 0 Å². The van der Waals surface area contributed by atoms with E-state index >= 15 is 0 Å². The van der Waals surface area contributed by atoms with Crippen molar-refractivity contribution in [2.45, 2.75) is 28.1 Å². The van der Waals surface area contributed by atoms with Gasteiger partial charge in [-0.2, -0.15) is 9.64 Å². The lowest BCUT2D eigenvalue weighted by molar-refractivity contribution is 0.782. The zero-order chi connectivity index (χ0) is 15.8. The van der Waals surface area contributed by atoms with Gasteiger partial charge in [0.15, 0.2) is 5.15 Å². The van der Waals surface area contributed by atoms with Gasteiger partial charge >= 0.3 is 0 Å². The van der Waals surface area contributed by atoms with Crippen LogP contribution in [0.3, 0.4) is 0 Å². The fourth-order valence-electron chi connectivity index (χ4n) is 2.21. The molecule has 1 aromatic carbocycles. The minimum absolute atomic E-state index is 0.241. The molecule has 5 nitrogen and oxygen atoms in total. The maximum atomic E-state index is 9.18. The monoisotopic (exact) mass is 359 g/mol.